The van der Waals surface area contributed by atoms with Crippen LogP contribution in [0.5, 0.6) is 11.5 Å². The van der Waals surface area contributed by atoms with Crippen molar-refractivity contribution in [2.24, 2.45) is 0 Å². The molecule has 0 saturated carbocycles. The SMILES string of the molecule is CC(=O)C(C)N(CCC(=O)O)Cc1ccc2c(c1)OCO2. The number of fused-ring (bicyclic) bond motifs is 1. The lowest BCUT2D eigenvalue weighted by Gasteiger charge is -2.26. The molecule has 0 aliphatic carbocycles. The van der Waals surface area contributed by atoms with Gasteiger partial charge in [-0.1, -0.05) is 6.07 Å². The minimum Gasteiger partial charge on any atom is -0.481 e. The van der Waals surface area contributed by atoms with Gasteiger partial charge in [0.2, 0.25) is 6.79 Å². The van der Waals surface area contributed by atoms with Gasteiger partial charge in [-0.2, -0.15) is 0 Å². The molecular formula is C15H19NO5. The standard InChI is InChI=1S/C15H19NO5/c1-10(11(2)17)16(6-5-15(18)19)8-12-3-4-13-14(7-12)21-9-20-13/h3-4,7,10H,5-6,8-9H2,1-2H3,(H,18,19). The molecule has 1 aromatic rings. The van der Waals surface area contributed by atoms with E-state index in [2.05, 4.69) is 0 Å². The molecule has 1 aliphatic rings. The molecular weight excluding hydrogens is 274 g/mol. The van der Waals surface area contributed by atoms with E-state index in [1.54, 1.807) is 6.92 Å². The van der Waals surface area contributed by atoms with Crippen LogP contribution in [-0.4, -0.2) is 41.1 Å². The Morgan fingerprint density at radius 1 is 1.33 bits per heavy atom. The van der Waals surface area contributed by atoms with Gasteiger partial charge in [-0.15, -0.1) is 0 Å². The predicted octanol–water partition coefficient (Wildman–Crippen LogP) is 1.67. The quantitative estimate of drug-likeness (QED) is 0.824. The number of carbonyl (C=O) groups excluding carboxylic acids is 1. The number of nitrogens with zero attached hydrogens (tertiary/aromatic N) is 1. The lowest BCUT2D eigenvalue weighted by molar-refractivity contribution is -0.138. The van der Waals surface area contributed by atoms with Crippen molar-refractivity contribution in [3.63, 3.8) is 0 Å². The molecule has 0 saturated heterocycles. The summed E-state index contributed by atoms with van der Waals surface area (Å²) in [6.45, 7) is 4.33. The molecule has 1 aromatic carbocycles. The van der Waals surface area contributed by atoms with Gasteiger partial charge in [0.05, 0.1) is 12.5 Å². The van der Waals surface area contributed by atoms with Crippen molar-refractivity contribution in [1.29, 1.82) is 0 Å². The van der Waals surface area contributed by atoms with Crippen molar-refractivity contribution in [2.75, 3.05) is 13.3 Å². The van der Waals surface area contributed by atoms with Gasteiger partial charge in [0.1, 0.15) is 5.78 Å². The van der Waals surface area contributed by atoms with Crippen LogP contribution in [0, 0.1) is 0 Å². The maximum absolute atomic E-state index is 11.6. The third kappa shape index (κ3) is 3.95. The highest BCUT2D eigenvalue weighted by Gasteiger charge is 2.20. The van der Waals surface area contributed by atoms with E-state index in [1.807, 2.05) is 23.1 Å². The largest absolute Gasteiger partial charge is 0.481 e. The first kappa shape index (κ1) is 15.3. The van der Waals surface area contributed by atoms with Crippen LogP contribution < -0.4 is 9.47 Å². The molecule has 114 valence electrons. The number of carboxylic acids is 1. The second kappa shape index (κ2) is 6.58. The fourth-order valence-corrected chi connectivity index (χ4v) is 2.18. The predicted molar refractivity (Wildman–Crippen MR) is 75.4 cm³/mol. The number of ether oxygens (including phenoxy) is 2. The Morgan fingerprint density at radius 3 is 2.71 bits per heavy atom. The van der Waals surface area contributed by atoms with Crippen LogP contribution >= 0.6 is 0 Å². The topological polar surface area (TPSA) is 76.1 Å². The minimum atomic E-state index is -0.874. The first-order valence-electron chi connectivity index (χ1n) is 6.82. The average Bonchev–Trinajstić information content (AvgIpc) is 2.89. The average molecular weight is 293 g/mol. The molecule has 0 amide bonds. The van der Waals surface area contributed by atoms with Crippen LogP contribution in [0.3, 0.4) is 0 Å². The molecule has 6 heteroatoms. The molecule has 0 bridgehead atoms. The molecule has 0 aromatic heterocycles. The maximum atomic E-state index is 11.6. The van der Waals surface area contributed by atoms with Crippen LogP contribution in [0.4, 0.5) is 0 Å². The lowest BCUT2D eigenvalue weighted by Crippen LogP contribution is -2.38. The number of carboxylic acid groups (broad SMARTS) is 1. The summed E-state index contributed by atoms with van der Waals surface area (Å²) in [7, 11) is 0. The highest BCUT2D eigenvalue weighted by Crippen LogP contribution is 2.32. The number of aliphatic carboxylic acids is 1. The number of Topliss-reactive ketones (excluding diaryl/α,β-unsaturated/α-hetero) is 1. The molecule has 1 heterocycles. The van der Waals surface area contributed by atoms with Gasteiger partial charge >= 0.3 is 5.97 Å². The van der Waals surface area contributed by atoms with Gasteiger partial charge in [-0.25, -0.2) is 0 Å². The first-order valence-corrected chi connectivity index (χ1v) is 6.82. The fraction of sp³-hybridized carbons (Fsp3) is 0.467. The van der Waals surface area contributed by atoms with E-state index in [1.165, 1.54) is 6.92 Å². The van der Waals surface area contributed by atoms with Crippen molar-refractivity contribution in [2.45, 2.75) is 32.9 Å². The van der Waals surface area contributed by atoms with Gasteiger partial charge in [0.15, 0.2) is 11.5 Å². The summed E-state index contributed by atoms with van der Waals surface area (Å²) in [6.07, 6.45) is 0.00215. The zero-order valence-corrected chi connectivity index (χ0v) is 12.2. The van der Waals surface area contributed by atoms with Crippen molar-refractivity contribution in [1.82, 2.24) is 4.90 Å². The van der Waals surface area contributed by atoms with Crippen LogP contribution in [-0.2, 0) is 16.1 Å². The summed E-state index contributed by atoms with van der Waals surface area (Å²) < 4.78 is 10.6. The summed E-state index contributed by atoms with van der Waals surface area (Å²) in [5, 5.41) is 8.83. The third-order valence-corrected chi connectivity index (χ3v) is 3.57. The van der Waals surface area contributed by atoms with E-state index in [-0.39, 0.29) is 25.0 Å². The van der Waals surface area contributed by atoms with Crippen LogP contribution in [0.25, 0.3) is 0 Å². The Hall–Kier alpha value is -2.08. The molecule has 1 aliphatic heterocycles. The number of ketones is 1. The summed E-state index contributed by atoms with van der Waals surface area (Å²) in [6, 6.07) is 5.26. The van der Waals surface area contributed by atoms with E-state index in [0.717, 1.165) is 5.56 Å². The van der Waals surface area contributed by atoms with Gasteiger partial charge in [0.25, 0.3) is 0 Å². The highest BCUT2D eigenvalue weighted by atomic mass is 16.7. The number of benzene rings is 1. The molecule has 0 fully saturated rings. The second-order valence-corrected chi connectivity index (χ2v) is 5.09. The van der Waals surface area contributed by atoms with Crippen molar-refractivity contribution in [3.05, 3.63) is 23.8 Å². The van der Waals surface area contributed by atoms with Crippen molar-refractivity contribution in [3.8, 4) is 11.5 Å². The number of rotatable bonds is 7. The zero-order valence-electron chi connectivity index (χ0n) is 12.2. The molecule has 0 spiro atoms. The Morgan fingerprint density at radius 2 is 2.05 bits per heavy atom. The smallest absolute Gasteiger partial charge is 0.304 e. The van der Waals surface area contributed by atoms with Crippen LogP contribution in [0.1, 0.15) is 25.8 Å². The second-order valence-electron chi connectivity index (χ2n) is 5.09. The summed E-state index contributed by atoms with van der Waals surface area (Å²) in [5.74, 6) is 0.527. The van der Waals surface area contributed by atoms with E-state index < -0.39 is 5.97 Å². The van der Waals surface area contributed by atoms with Gasteiger partial charge in [0, 0.05) is 13.1 Å². The summed E-state index contributed by atoms with van der Waals surface area (Å²) >= 11 is 0. The molecule has 6 nitrogen and oxygen atoms in total. The van der Waals surface area contributed by atoms with E-state index in [9.17, 15) is 9.59 Å². The van der Waals surface area contributed by atoms with E-state index in [4.69, 9.17) is 14.6 Å². The van der Waals surface area contributed by atoms with Crippen LogP contribution in [0.2, 0.25) is 0 Å². The molecule has 1 unspecified atom stereocenters. The number of hydrogen-bond donors (Lipinski definition) is 1. The third-order valence-electron chi connectivity index (χ3n) is 3.57. The van der Waals surface area contributed by atoms with Crippen molar-refractivity contribution >= 4 is 11.8 Å². The Balaban J connectivity index is 2.09. The van der Waals surface area contributed by atoms with Crippen LogP contribution in [0.15, 0.2) is 18.2 Å². The van der Waals surface area contributed by atoms with E-state index >= 15 is 0 Å². The zero-order chi connectivity index (χ0) is 15.4. The molecule has 1 atom stereocenters. The normalized spacial score (nSPS) is 14.2. The molecule has 1 N–H and O–H groups in total. The summed E-state index contributed by atoms with van der Waals surface area (Å²) in [4.78, 5) is 24.2. The Labute approximate surface area is 123 Å². The van der Waals surface area contributed by atoms with Crippen molar-refractivity contribution < 1.29 is 24.2 Å². The number of carbonyl (C=O) groups is 2. The number of hydrogen-bond acceptors (Lipinski definition) is 5. The molecule has 21 heavy (non-hydrogen) atoms. The Bertz CT molecular complexity index is 543. The van der Waals surface area contributed by atoms with Gasteiger partial charge in [-0.3, -0.25) is 14.5 Å². The van der Waals surface area contributed by atoms with E-state index in [0.29, 0.717) is 24.6 Å². The first-order chi connectivity index (χ1) is 9.97. The fourth-order valence-electron chi connectivity index (χ4n) is 2.18. The highest BCUT2D eigenvalue weighted by molar-refractivity contribution is 5.81. The van der Waals surface area contributed by atoms with Gasteiger partial charge in [-0.05, 0) is 31.5 Å². The van der Waals surface area contributed by atoms with Gasteiger partial charge < -0.3 is 14.6 Å². The molecule has 0 radical (unpaired) electrons. The lowest BCUT2D eigenvalue weighted by atomic mass is 10.1. The molecule has 2 rings (SSSR count). The maximum Gasteiger partial charge on any atom is 0.304 e. The monoisotopic (exact) mass is 293 g/mol. The summed E-state index contributed by atoms with van der Waals surface area (Å²) in [5.41, 5.74) is 0.956. The minimum absolute atomic E-state index is 0.00215. The Kier molecular flexibility index (Phi) is 4.80.